The fraction of sp³-hybridized carbons (Fsp3) is 0.667. The first-order valence-corrected chi connectivity index (χ1v) is 3.35. The van der Waals surface area contributed by atoms with Gasteiger partial charge in [-0.25, -0.2) is 0 Å². The average Bonchev–Trinajstić information content (AvgIpc) is 1.69. The summed E-state index contributed by atoms with van der Waals surface area (Å²) in [7, 11) is 3.55. The van der Waals surface area contributed by atoms with Gasteiger partial charge in [0.15, 0.2) is 0 Å². The van der Waals surface area contributed by atoms with E-state index in [1.807, 2.05) is 0 Å². The molecule has 0 spiro atoms. The Morgan fingerprint density at radius 3 is 2.71 bits per heavy atom. The first-order chi connectivity index (χ1) is 3.39. The van der Waals surface area contributed by atoms with E-state index in [0.717, 1.165) is 0 Å². The number of rotatable bonds is 0. The van der Waals surface area contributed by atoms with Crippen LogP contribution in [0.5, 0.6) is 0 Å². The molecular formula is C6H9Si. The van der Waals surface area contributed by atoms with Gasteiger partial charge in [0.1, 0.15) is 0 Å². The molecule has 1 heteroatoms. The van der Waals surface area contributed by atoms with Gasteiger partial charge < -0.3 is 0 Å². The van der Waals surface area contributed by atoms with E-state index >= 15 is 0 Å². The van der Waals surface area contributed by atoms with Crippen molar-refractivity contribution < 1.29 is 0 Å². The molecule has 0 aromatic heterocycles. The molecule has 3 radical (unpaired) electrons. The van der Waals surface area contributed by atoms with E-state index in [4.69, 9.17) is 0 Å². The van der Waals surface area contributed by atoms with E-state index in [9.17, 15) is 0 Å². The van der Waals surface area contributed by atoms with Gasteiger partial charge in [0, 0.05) is 10.2 Å². The Hall–Kier alpha value is -0.0431. The second kappa shape index (κ2) is 2.31. The van der Waals surface area contributed by atoms with Gasteiger partial charge in [0.2, 0.25) is 0 Å². The Labute approximate surface area is 48.0 Å². The van der Waals surface area contributed by atoms with Crippen molar-refractivity contribution in [3.63, 3.8) is 0 Å². The number of hydrogen-bond donors (Lipinski definition) is 0. The third-order valence-electron chi connectivity index (χ3n) is 1.25. The maximum Gasteiger partial charge on any atom is 0.0322 e. The molecule has 0 fully saturated rings. The predicted molar refractivity (Wildman–Crippen MR) is 32.5 cm³/mol. The van der Waals surface area contributed by atoms with Gasteiger partial charge in [-0.05, 0) is 24.8 Å². The topological polar surface area (TPSA) is 0 Å². The summed E-state index contributed by atoms with van der Waals surface area (Å²) < 4.78 is 0. The minimum absolute atomic E-state index is 0.661. The standard InChI is InChI=1S/C6H9Si/c7-6-4-2-1-3-5-6/h2,4,6H,1,3,5H2. The predicted octanol–water partition coefficient (Wildman–Crippen LogP) is 1.68. The van der Waals surface area contributed by atoms with Crippen molar-refractivity contribution in [1.29, 1.82) is 0 Å². The summed E-state index contributed by atoms with van der Waals surface area (Å²) in [5.74, 6) is 0. The Bertz CT molecular complexity index is 76.2. The van der Waals surface area contributed by atoms with Crippen molar-refractivity contribution in [3.05, 3.63) is 12.2 Å². The smallest absolute Gasteiger partial charge is 0.0322 e. The second-order valence-electron chi connectivity index (χ2n) is 1.97. The summed E-state index contributed by atoms with van der Waals surface area (Å²) >= 11 is 0. The third-order valence-corrected chi connectivity index (χ3v) is 1.74. The van der Waals surface area contributed by atoms with Crippen LogP contribution >= 0.6 is 0 Å². The van der Waals surface area contributed by atoms with Crippen LogP contribution in [0.25, 0.3) is 0 Å². The summed E-state index contributed by atoms with van der Waals surface area (Å²) in [5, 5.41) is 0. The highest BCUT2D eigenvalue weighted by molar-refractivity contribution is 6.12. The molecule has 1 unspecified atom stereocenters. The lowest BCUT2D eigenvalue weighted by Gasteiger charge is -2.08. The molecule has 7 heavy (non-hydrogen) atoms. The van der Waals surface area contributed by atoms with Gasteiger partial charge in [-0.3, -0.25) is 0 Å². The van der Waals surface area contributed by atoms with Gasteiger partial charge in [-0.15, -0.1) is 0 Å². The fourth-order valence-electron chi connectivity index (χ4n) is 0.812. The molecule has 0 amide bonds. The van der Waals surface area contributed by atoms with Crippen LogP contribution in [0, 0.1) is 0 Å². The van der Waals surface area contributed by atoms with Crippen molar-refractivity contribution in [3.8, 4) is 0 Å². The van der Waals surface area contributed by atoms with Gasteiger partial charge in [0.25, 0.3) is 0 Å². The van der Waals surface area contributed by atoms with E-state index in [1.165, 1.54) is 19.3 Å². The molecule has 0 aromatic rings. The van der Waals surface area contributed by atoms with E-state index in [-0.39, 0.29) is 0 Å². The monoisotopic (exact) mass is 109 g/mol. The largest absolute Gasteiger partial charge is 0.0889 e. The molecular weight excluding hydrogens is 100 g/mol. The minimum Gasteiger partial charge on any atom is -0.0889 e. The molecule has 0 nitrogen and oxygen atoms in total. The van der Waals surface area contributed by atoms with E-state index in [0.29, 0.717) is 5.54 Å². The highest BCUT2D eigenvalue weighted by atomic mass is 28.1. The molecule has 0 heterocycles. The zero-order valence-electron chi connectivity index (χ0n) is 4.35. The molecule has 0 saturated heterocycles. The molecule has 0 saturated carbocycles. The van der Waals surface area contributed by atoms with Crippen LogP contribution in [0.15, 0.2) is 12.2 Å². The van der Waals surface area contributed by atoms with Crippen LogP contribution in [0.4, 0.5) is 0 Å². The van der Waals surface area contributed by atoms with Gasteiger partial charge in [-0.2, -0.15) is 0 Å². The molecule has 1 rings (SSSR count). The van der Waals surface area contributed by atoms with Crippen LogP contribution in [-0.2, 0) is 0 Å². The first-order valence-electron chi connectivity index (χ1n) is 2.77. The Balaban J connectivity index is 2.36. The van der Waals surface area contributed by atoms with Crippen LogP contribution in [-0.4, -0.2) is 10.2 Å². The minimum atomic E-state index is 0.661. The fourth-order valence-corrected chi connectivity index (χ4v) is 1.15. The van der Waals surface area contributed by atoms with Crippen molar-refractivity contribution in [2.24, 2.45) is 0 Å². The second-order valence-corrected chi connectivity index (χ2v) is 2.71. The van der Waals surface area contributed by atoms with Gasteiger partial charge >= 0.3 is 0 Å². The SMILES string of the molecule is [Si]C1C=CCCC1. The molecule has 37 valence electrons. The molecule has 1 atom stereocenters. The number of allylic oxidation sites excluding steroid dienone is 2. The van der Waals surface area contributed by atoms with Gasteiger partial charge in [0.05, 0.1) is 0 Å². The molecule has 1 aliphatic rings. The Morgan fingerprint density at radius 1 is 1.57 bits per heavy atom. The summed E-state index contributed by atoms with van der Waals surface area (Å²) in [4.78, 5) is 0. The zero-order chi connectivity index (χ0) is 5.11. The quantitative estimate of drug-likeness (QED) is 0.328. The average molecular weight is 109 g/mol. The van der Waals surface area contributed by atoms with E-state index in [2.05, 4.69) is 22.4 Å². The Kier molecular flexibility index (Phi) is 1.68. The van der Waals surface area contributed by atoms with Crippen LogP contribution < -0.4 is 0 Å². The Morgan fingerprint density at radius 2 is 2.43 bits per heavy atom. The summed E-state index contributed by atoms with van der Waals surface area (Å²) in [6.45, 7) is 0. The van der Waals surface area contributed by atoms with Crippen LogP contribution in [0.2, 0.25) is 5.54 Å². The summed E-state index contributed by atoms with van der Waals surface area (Å²) in [6, 6.07) is 0. The van der Waals surface area contributed by atoms with Crippen molar-refractivity contribution >= 4 is 10.2 Å². The molecule has 0 aromatic carbocycles. The van der Waals surface area contributed by atoms with E-state index < -0.39 is 0 Å². The summed E-state index contributed by atoms with van der Waals surface area (Å²) in [6.07, 6.45) is 8.40. The van der Waals surface area contributed by atoms with Crippen molar-refractivity contribution in [2.45, 2.75) is 24.8 Å². The van der Waals surface area contributed by atoms with Crippen LogP contribution in [0.3, 0.4) is 0 Å². The summed E-state index contributed by atoms with van der Waals surface area (Å²) in [5.41, 5.74) is 0.661. The third kappa shape index (κ3) is 1.47. The normalized spacial score (nSPS) is 30.7. The van der Waals surface area contributed by atoms with E-state index in [1.54, 1.807) is 0 Å². The first kappa shape index (κ1) is 5.10. The van der Waals surface area contributed by atoms with Crippen molar-refractivity contribution in [2.75, 3.05) is 0 Å². The molecule has 1 aliphatic carbocycles. The maximum absolute atomic E-state index is 3.55. The molecule has 0 bridgehead atoms. The van der Waals surface area contributed by atoms with Crippen molar-refractivity contribution in [1.82, 2.24) is 0 Å². The highest BCUT2D eigenvalue weighted by Gasteiger charge is 1.99. The highest BCUT2D eigenvalue weighted by Crippen LogP contribution is 2.17. The zero-order valence-corrected chi connectivity index (χ0v) is 5.35. The maximum atomic E-state index is 3.55. The molecule has 0 N–H and O–H groups in total. The molecule has 0 aliphatic heterocycles. The van der Waals surface area contributed by atoms with Crippen LogP contribution in [0.1, 0.15) is 19.3 Å². The lowest BCUT2D eigenvalue weighted by molar-refractivity contribution is 0.729. The van der Waals surface area contributed by atoms with Gasteiger partial charge in [-0.1, -0.05) is 12.2 Å². The lowest BCUT2D eigenvalue weighted by Crippen LogP contribution is -1.91. The lowest BCUT2D eigenvalue weighted by atomic mass is 10.1. The number of hydrogen-bond acceptors (Lipinski definition) is 0.